The van der Waals surface area contributed by atoms with E-state index < -0.39 is 6.03 Å². The largest absolute Gasteiger partial charge is 0.497 e. The number of aryl methyl sites for hydroxylation is 1. The zero-order valence-electron chi connectivity index (χ0n) is 16.0. The van der Waals surface area contributed by atoms with Crippen LogP contribution >= 0.6 is 0 Å². The van der Waals surface area contributed by atoms with Crippen molar-refractivity contribution >= 4 is 11.7 Å². The van der Waals surface area contributed by atoms with Gasteiger partial charge in [-0.05, 0) is 42.8 Å². The van der Waals surface area contributed by atoms with Gasteiger partial charge in [0, 0.05) is 11.1 Å². The van der Waals surface area contributed by atoms with Crippen molar-refractivity contribution in [3.63, 3.8) is 0 Å². The fourth-order valence-electron chi connectivity index (χ4n) is 2.65. The van der Waals surface area contributed by atoms with Gasteiger partial charge in [0.2, 0.25) is 0 Å². The van der Waals surface area contributed by atoms with Gasteiger partial charge in [-0.3, -0.25) is 5.43 Å². The molecule has 3 aromatic rings. The molecule has 2 amide bonds. The Labute approximate surface area is 167 Å². The molecule has 3 rings (SSSR count). The first-order chi connectivity index (χ1) is 14.0. The van der Waals surface area contributed by atoms with Crippen molar-refractivity contribution in [2.24, 2.45) is 11.7 Å². The van der Waals surface area contributed by atoms with Crippen molar-refractivity contribution in [2.75, 3.05) is 12.1 Å². The number of aromatic nitrogens is 3. The van der Waals surface area contributed by atoms with E-state index in [0.717, 1.165) is 21.9 Å². The third-order valence-corrected chi connectivity index (χ3v) is 4.23. The normalized spacial score (nSPS) is 10.3. The zero-order valence-corrected chi connectivity index (χ0v) is 16.0. The van der Waals surface area contributed by atoms with Gasteiger partial charge in [-0.1, -0.05) is 12.1 Å². The van der Waals surface area contributed by atoms with E-state index in [9.17, 15) is 4.79 Å². The number of hydrogen-bond donors (Lipinski definition) is 3. The monoisotopic (exact) mass is 395 g/mol. The Morgan fingerprint density at radius 2 is 1.93 bits per heavy atom. The first-order valence-electron chi connectivity index (χ1n) is 8.63. The Morgan fingerprint density at radius 3 is 2.62 bits per heavy atom. The molecule has 1 heterocycles. The molecule has 0 aliphatic rings. The molecule has 0 saturated heterocycles. The molecule has 1 aromatic heterocycles. The molecule has 150 valence electrons. The van der Waals surface area contributed by atoms with Crippen molar-refractivity contribution in [2.45, 2.75) is 13.5 Å². The standard InChI is InChI=1S/C19H21N7O3/c1-12-4-3-5-16(26(21)19(27)25-20)15(12)10-29-18-23-11-22-17(24-18)13-6-8-14(28-2)9-7-13/h3-9,11H,10,20-21H2,1-2H3,(H,25,27). The maximum Gasteiger partial charge on any atom is 0.350 e. The molecule has 5 N–H and O–H groups in total. The summed E-state index contributed by atoms with van der Waals surface area (Å²) in [6.45, 7) is 1.98. The number of carbonyl (C=O) groups is 1. The zero-order chi connectivity index (χ0) is 20.8. The highest BCUT2D eigenvalue weighted by Crippen LogP contribution is 2.24. The van der Waals surface area contributed by atoms with Gasteiger partial charge >= 0.3 is 12.0 Å². The number of methoxy groups -OCH3 is 1. The van der Waals surface area contributed by atoms with Crippen LogP contribution in [0.25, 0.3) is 11.4 Å². The molecular formula is C19H21N7O3. The van der Waals surface area contributed by atoms with Gasteiger partial charge in [-0.15, -0.1) is 0 Å². The minimum absolute atomic E-state index is 0.0968. The van der Waals surface area contributed by atoms with Crippen LogP contribution in [0.2, 0.25) is 0 Å². The van der Waals surface area contributed by atoms with Crippen LogP contribution in [0, 0.1) is 6.92 Å². The number of nitrogens with zero attached hydrogens (tertiary/aromatic N) is 4. The van der Waals surface area contributed by atoms with Gasteiger partial charge in [0.25, 0.3) is 0 Å². The topological polar surface area (TPSA) is 142 Å². The quantitative estimate of drug-likeness (QED) is 0.325. The Bertz CT molecular complexity index is 995. The van der Waals surface area contributed by atoms with Gasteiger partial charge < -0.3 is 9.47 Å². The van der Waals surface area contributed by atoms with Gasteiger partial charge in [0.15, 0.2) is 5.82 Å². The van der Waals surface area contributed by atoms with Gasteiger partial charge in [0.05, 0.1) is 12.8 Å². The average molecular weight is 395 g/mol. The van der Waals surface area contributed by atoms with E-state index in [-0.39, 0.29) is 12.6 Å². The molecule has 10 nitrogen and oxygen atoms in total. The number of ether oxygens (including phenoxy) is 2. The van der Waals surface area contributed by atoms with Crippen molar-refractivity contribution in [1.82, 2.24) is 20.4 Å². The number of nitrogens with two attached hydrogens (primary N) is 2. The van der Waals surface area contributed by atoms with Gasteiger partial charge in [-0.25, -0.2) is 26.5 Å². The Kier molecular flexibility index (Phi) is 6.17. The summed E-state index contributed by atoms with van der Waals surface area (Å²) in [6.07, 6.45) is 1.37. The van der Waals surface area contributed by atoms with Crippen molar-refractivity contribution in [1.29, 1.82) is 0 Å². The van der Waals surface area contributed by atoms with Crippen LogP contribution in [-0.4, -0.2) is 28.1 Å². The number of carbonyl (C=O) groups excluding carboxylic acids is 1. The minimum Gasteiger partial charge on any atom is -0.497 e. The number of urea groups is 1. The van der Waals surface area contributed by atoms with Crippen LogP contribution in [-0.2, 0) is 6.61 Å². The molecular weight excluding hydrogens is 374 g/mol. The predicted molar refractivity (Wildman–Crippen MR) is 107 cm³/mol. The lowest BCUT2D eigenvalue weighted by Crippen LogP contribution is -2.48. The highest BCUT2D eigenvalue weighted by molar-refractivity contribution is 5.91. The summed E-state index contributed by atoms with van der Waals surface area (Å²) in [5, 5.41) is 0.919. The molecule has 2 aromatic carbocycles. The second kappa shape index (κ2) is 8.95. The molecule has 0 fully saturated rings. The molecule has 0 spiro atoms. The van der Waals surface area contributed by atoms with Crippen LogP contribution in [0.5, 0.6) is 11.8 Å². The first kappa shape index (κ1) is 20.0. The number of nitrogens with one attached hydrogen (secondary N) is 1. The number of amides is 2. The summed E-state index contributed by atoms with van der Waals surface area (Å²) >= 11 is 0. The van der Waals surface area contributed by atoms with E-state index in [4.69, 9.17) is 21.2 Å². The maximum absolute atomic E-state index is 11.8. The fourth-order valence-corrected chi connectivity index (χ4v) is 2.65. The van der Waals surface area contributed by atoms with Crippen LogP contribution in [0.1, 0.15) is 11.1 Å². The number of hydrogen-bond acceptors (Lipinski definition) is 8. The Morgan fingerprint density at radius 1 is 1.17 bits per heavy atom. The molecule has 0 unspecified atom stereocenters. The van der Waals surface area contributed by atoms with Crippen LogP contribution < -0.4 is 31.6 Å². The maximum atomic E-state index is 11.8. The van der Waals surface area contributed by atoms with Crippen LogP contribution in [0.4, 0.5) is 10.5 Å². The molecule has 0 aliphatic heterocycles. The van der Waals surface area contributed by atoms with Gasteiger partial charge in [0.1, 0.15) is 18.7 Å². The van der Waals surface area contributed by atoms with E-state index in [1.807, 2.05) is 42.7 Å². The molecule has 10 heteroatoms. The van der Waals surface area contributed by atoms with E-state index in [0.29, 0.717) is 17.1 Å². The first-order valence-corrected chi connectivity index (χ1v) is 8.63. The van der Waals surface area contributed by atoms with Crippen molar-refractivity contribution in [3.8, 4) is 23.1 Å². The fraction of sp³-hybridized carbons (Fsp3) is 0.158. The number of benzene rings is 2. The SMILES string of the molecule is COc1ccc(-c2ncnc(OCc3c(C)cccc3N(N)C(=O)NN)n2)cc1. The lowest BCUT2D eigenvalue weighted by molar-refractivity contribution is 0.246. The molecule has 0 bridgehead atoms. The molecule has 0 atom stereocenters. The lowest BCUT2D eigenvalue weighted by Gasteiger charge is -2.20. The number of anilines is 1. The summed E-state index contributed by atoms with van der Waals surface area (Å²) in [5.41, 5.74) is 4.83. The van der Waals surface area contributed by atoms with Crippen molar-refractivity contribution in [3.05, 3.63) is 59.9 Å². The summed E-state index contributed by atoms with van der Waals surface area (Å²) < 4.78 is 10.9. The van der Waals surface area contributed by atoms with Crippen LogP contribution in [0.3, 0.4) is 0 Å². The third-order valence-electron chi connectivity index (χ3n) is 4.23. The highest BCUT2D eigenvalue weighted by Gasteiger charge is 2.17. The number of hydrazine groups is 2. The molecule has 29 heavy (non-hydrogen) atoms. The smallest absolute Gasteiger partial charge is 0.350 e. The van der Waals surface area contributed by atoms with E-state index in [1.165, 1.54) is 6.33 Å². The van der Waals surface area contributed by atoms with Gasteiger partial charge in [-0.2, -0.15) is 9.97 Å². The van der Waals surface area contributed by atoms with Crippen LogP contribution in [0.15, 0.2) is 48.8 Å². The molecule has 0 radical (unpaired) electrons. The Balaban J connectivity index is 1.81. The summed E-state index contributed by atoms with van der Waals surface area (Å²) in [5.74, 6) is 12.2. The second-order valence-electron chi connectivity index (χ2n) is 6.00. The predicted octanol–water partition coefficient (Wildman–Crippen LogP) is 1.70. The third kappa shape index (κ3) is 4.57. The highest BCUT2D eigenvalue weighted by atomic mass is 16.5. The van der Waals surface area contributed by atoms with E-state index in [1.54, 1.807) is 19.2 Å². The van der Waals surface area contributed by atoms with Crippen molar-refractivity contribution < 1.29 is 14.3 Å². The lowest BCUT2D eigenvalue weighted by atomic mass is 10.1. The average Bonchev–Trinajstić information content (AvgIpc) is 2.77. The Hall–Kier alpha value is -3.76. The van der Waals surface area contributed by atoms with E-state index >= 15 is 0 Å². The summed E-state index contributed by atoms with van der Waals surface area (Å²) in [4.78, 5) is 24.4. The van der Waals surface area contributed by atoms with E-state index in [2.05, 4.69) is 15.0 Å². The second-order valence-corrected chi connectivity index (χ2v) is 6.00. The number of rotatable bonds is 6. The summed E-state index contributed by atoms with van der Waals surface area (Å²) in [6, 6.07) is 12.2. The molecule has 0 aliphatic carbocycles. The molecule has 0 saturated carbocycles. The minimum atomic E-state index is -0.654. The summed E-state index contributed by atoms with van der Waals surface area (Å²) in [7, 11) is 1.60.